The van der Waals surface area contributed by atoms with Crippen molar-refractivity contribution in [2.45, 2.75) is 19.8 Å². The van der Waals surface area contributed by atoms with Crippen LogP contribution < -0.4 is 10.6 Å². The molecular formula is C13H18N2O2. The summed E-state index contributed by atoms with van der Waals surface area (Å²) in [4.78, 5) is 12.0. The Morgan fingerprint density at radius 3 is 2.82 bits per heavy atom. The largest absolute Gasteiger partial charge is 0.506 e. The van der Waals surface area contributed by atoms with Crippen LogP contribution in [0.5, 0.6) is 5.75 Å². The Labute approximate surface area is 101 Å². The van der Waals surface area contributed by atoms with Crippen LogP contribution in [-0.2, 0) is 4.79 Å². The van der Waals surface area contributed by atoms with Crippen LogP contribution >= 0.6 is 0 Å². The summed E-state index contributed by atoms with van der Waals surface area (Å²) in [6.07, 6.45) is 1.72. The highest BCUT2D eigenvalue weighted by Gasteiger charge is 2.21. The van der Waals surface area contributed by atoms with E-state index in [1.807, 2.05) is 13.0 Å². The molecule has 0 aromatic heterocycles. The van der Waals surface area contributed by atoms with E-state index < -0.39 is 0 Å². The maximum absolute atomic E-state index is 12.0. The van der Waals surface area contributed by atoms with E-state index in [0.29, 0.717) is 5.69 Å². The van der Waals surface area contributed by atoms with E-state index in [-0.39, 0.29) is 17.6 Å². The maximum atomic E-state index is 12.0. The van der Waals surface area contributed by atoms with Gasteiger partial charge in [0.05, 0.1) is 5.69 Å². The number of anilines is 1. The SMILES string of the molecule is Cc1ccc(O)c(NC(=O)C2CCNCC2)c1. The lowest BCUT2D eigenvalue weighted by Crippen LogP contribution is -2.34. The Morgan fingerprint density at radius 2 is 2.12 bits per heavy atom. The van der Waals surface area contributed by atoms with E-state index in [1.165, 1.54) is 0 Å². The van der Waals surface area contributed by atoms with E-state index in [9.17, 15) is 9.90 Å². The normalized spacial score (nSPS) is 16.8. The van der Waals surface area contributed by atoms with Gasteiger partial charge in [-0.25, -0.2) is 0 Å². The van der Waals surface area contributed by atoms with Crippen molar-refractivity contribution in [3.05, 3.63) is 23.8 Å². The van der Waals surface area contributed by atoms with Crippen LogP contribution in [0.4, 0.5) is 5.69 Å². The smallest absolute Gasteiger partial charge is 0.227 e. The Bertz CT molecular complexity index is 412. The minimum Gasteiger partial charge on any atom is -0.506 e. The van der Waals surface area contributed by atoms with Crippen LogP contribution in [-0.4, -0.2) is 24.1 Å². The Hall–Kier alpha value is -1.55. The number of phenolic OH excluding ortho intramolecular Hbond substituents is 1. The van der Waals surface area contributed by atoms with Crippen LogP contribution in [0.1, 0.15) is 18.4 Å². The van der Waals surface area contributed by atoms with Crippen LogP contribution in [0.25, 0.3) is 0 Å². The first-order chi connectivity index (χ1) is 8.16. The number of amides is 1. The number of nitrogens with one attached hydrogen (secondary N) is 2. The minimum atomic E-state index is 0.00685. The van der Waals surface area contributed by atoms with Gasteiger partial charge in [-0.3, -0.25) is 4.79 Å². The predicted octanol–water partition coefficient (Wildman–Crippen LogP) is 1.64. The minimum absolute atomic E-state index is 0.00685. The molecular weight excluding hydrogens is 216 g/mol. The monoisotopic (exact) mass is 234 g/mol. The third kappa shape index (κ3) is 2.97. The van der Waals surface area contributed by atoms with Crippen molar-refractivity contribution >= 4 is 11.6 Å². The second kappa shape index (κ2) is 5.19. The Kier molecular flexibility index (Phi) is 3.64. The number of hydrogen-bond acceptors (Lipinski definition) is 3. The molecule has 4 nitrogen and oxygen atoms in total. The fraction of sp³-hybridized carbons (Fsp3) is 0.462. The second-order valence-electron chi connectivity index (χ2n) is 4.53. The third-order valence-electron chi connectivity index (χ3n) is 3.12. The maximum Gasteiger partial charge on any atom is 0.227 e. The second-order valence-corrected chi connectivity index (χ2v) is 4.53. The molecule has 1 aliphatic rings. The molecule has 1 amide bonds. The van der Waals surface area contributed by atoms with Gasteiger partial charge < -0.3 is 15.7 Å². The number of hydrogen-bond donors (Lipinski definition) is 3. The highest BCUT2D eigenvalue weighted by atomic mass is 16.3. The molecule has 0 radical (unpaired) electrons. The number of carbonyl (C=O) groups is 1. The van der Waals surface area contributed by atoms with Gasteiger partial charge in [0.2, 0.25) is 5.91 Å². The van der Waals surface area contributed by atoms with E-state index in [0.717, 1.165) is 31.5 Å². The number of carbonyl (C=O) groups excluding carboxylic acids is 1. The Morgan fingerprint density at radius 1 is 1.41 bits per heavy atom. The summed E-state index contributed by atoms with van der Waals surface area (Å²) in [6, 6.07) is 5.21. The van der Waals surface area contributed by atoms with Crippen LogP contribution in [0.15, 0.2) is 18.2 Å². The molecule has 4 heteroatoms. The first kappa shape index (κ1) is 11.9. The van der Waals surface area contributed by atoms with Crippen LogP contribution in [0.2, 0.25) is 0 Å². The fourth-order valence-corrected chi connectivity index (χ4v) is 2.07. The zero-order chi connectivity index (χ0) is 12.3. The lowest BCUT2D eigenvalue weighted by Gasteiger charge is -2.22. The van der Waals surface area contributed by atoms with Crippen molar-refractivity contribution in [2.75, 3.05) is 18.4 Å². The van der Waals surface area contributed by atoms with E-state index in [4.69, 9.17) is 0 Å². The fourth-order valence-electron chi connectivity index (χ4n) is 2.07. The van der Waals surface area contributed by atoms with Crippen LogP contribution in [0.3, 0.4) is 0 Å². The van der Waals surface area contributed by atoms with Crippen molar-refractivity contribution < 1.29 is 9.90 Å². The van der Waals surface area contributed by atoms with Gasteiger partial charge in [-0.05, 0) is 50.6 Å². The van der Waals surface area contributed by atoms with Gasteiger partial charge in [0.15, 0.2) is 0 Å². The summed E-state index contributed by atoms with van der Waals surface area (Å²) in [6.45, 7) is 3.70. The molecule has 1 fully saturated rings. The molecule has 1 heterocycles. The summed E-state index contributed by atoms with van der Waals surface area (Å²) < 4.78 is 0. The van der Waals surface area contributed by atoms with Gasteiger partial charge in [0.25, 0.3) is 0 Å². The highest BCUT2D eigenvalue weighted by Crippen LogP contribution is 2.25. The van der Waals surface area contributed by atoms with Gasteiger partial charge in [-0.2, -0.15) is 0 Å². The van der Waals surface area contributed by atoms with Gasteiger partial charge in [0.1, 0.15) is 5.75 Å². The summed E-state index contributed by atoms with van der Waals surface area (Å²) >= 11 is 0. The molecule has 3 N–H and O–H groups in total. The summed E-state index contributed by atoms with van der Waals surface area (Å²) in [7, 11) is 0. The number of phenols is 1. The van der Waals surface area contributed by atoms with Crippen LogP contribution in [0, 0.1) is 12.8 Å². The number of benzene rings is 1. The molecule has 0 unspecified atom stereocenters. The summed E-state index contributed by atoms with van der Waals surface area (Å²) in [5.41, 5.74) is 1.52. The topological polar surface area (TPSA) is 61.4 Å². The van der Waals surface area contributed by atoms with Crippen molar-refractivity contribution in [2.24, 2.45) is 5.92 Å². The average molecular weight is 234 g/mol. The van der Waals surface area contributed by atoms with E-state index >= 15 is 0 Å². The third-order valence-corrected chi connectivity index (χ3v) is 3.12. The number of piperidine rings is 1. The molecule has 1 saturated heterocycles. The molecule has 92 valence electrons. The number of aryl methyl sites for hydroxylation is 1. The molecule has 1 aromatic carbocycles. The zero-order valence-corrected chi connectivity index (χ0v) is 9.99. The predicted molar refractivity (Wildman–Crippen MR) is 67.1 cm³/mol. The van der Waals surface area contributed by atoms with Gasteiger partial charge in [-0.15, -0.1) is 0 Å². The lowest BCUT2D eigenvalue weighted by molar-refractivity contribution is -0.120. The van der Waals surface area contributed by atoms with E-state index in [2.05, 4.69) is 10.6 Å². The molecule has 2 rings (SSSR count). The first-order valence-electron chi connectivity index (χ1n) is 5.98. The number of aromatic hydroxyl groups is 1. The quantitative estimate of drug-likeness (QED) is 0.682. The average Bonchev–Trinajstić information content (AvgIpc) is 2.35. The summed E-state index contributed by atoms with van der Waals surface area (Å²) in [5.74, 6) is 0.182. The Balaban J connectivity index is 2.04. The van der Waals surface area contributed by atoms with E-state index in [1.54, 1.807) is 12.1 Å². The number of rotatable bonds is 2. The molecule has 1 aromatic rings. The molecule has 17 heavy (non-hydrogen) atoms. The van der Waals surface area contributed by atoms with Crippen molar-refractivity contribution in [3.8, 4) is 5.75 Å². The first-order valence-corrected chi connectivity index (χ1v) is 5.98. The molecule has 0 spiro atoms. The van der Waals surface area contributed by atoms with Crippen molar-refractivity contribution in [1.29, 1.82) is 0 Å². The van der Waals surface area contributed by atoms with Gasteiger partial charge in [-0.1, -0.05) is 6.07 Å². The van der Waals surface area contributed by atoms with Gasteiger partial charge in [0, 0.05) is 5.92 Å². The van der Waals surface area contributed by atoms with Crippen molar-refractivity contribution in [3.63, 3.8) is 0 Å². The lowest BCUT2D eigenvalue weighted by atomic mass is 9.97. The standard InChI is InChI=1S/C13H18N2O2/c1-9-2-3-12(16)11(8-9)15-13(17)10-4-6-14-7-5-10/h2-3,8,10,14,16H,4-7H2,1H3,(H,15,17). The van der Waals surface area contributed by atoms with Gasteiger partial charge >= 0.3 is 0 Å². The molecule has 0 aliphatic carbocycles. The highest BCUT2D eigenvalue weighted by molar-refractivity contribution is 5.94. The molecule has 0 atom stereocenters. The molecule has 0 bridgehead atoms. The summed E-state index contributed by atoms with van der Waals surface area (Å²) in [5, 5.41) is 15.7. The zero-order valence-electron chi connectivity index (χ0n) is 9.99. The molecule has 0 saturated carbocycles. The molecule has 1 aliphatic heterocycles. The van der Waals surface area contributed by atoms with Crippen molar-refractivity contribution in [1.82, 2.24) is 5.32 Å².